The van der Waals surface area contributed by atoms with Crippen LogP contribution in [0.4, 0.5) is 0 Å². The highest BCUT2D eigenvalue weighted by Gasteiger charge is 2.12. The Bertz CT molecular complexity index is 548. The number of carbonyl (C=O) groups excluding carboxylic acids is 1. The van der Waals surface area contributed by atoms with Crippen molar-refractivity contribution in [1.29, 1.82) is 0 Å². The van der Waals surface area contributed by atoms with Gasteiger partial charge in [-0.1, -0.05) is 19.1 Å². The second-order valence-corrected chi connectivity index (χ2v) is 4.96. The van der Waals surface area contributed by atoms with Crippen molar-refractivity contribution in [2.45, 2.75) is 20.3 Å². The van der Waals surface area contributed by atoms with Crippen molar-refractivity contribution in [2.75, 3.05) is 6.61 Å². The van der Waals surface area contributed by atoms with Crippen molar-refractivity contribution >= 4 is 17.6 Å². The Labute approximate surface area is 110 Å². The highest BCUT2D eigenvalue weighted by Crippen LogP contribution is 2.33. The van der Waals surface area contributed by atoms with Crippen LogP contribution in [-0.2, 0) is 0 Å². The molecule has 0 aliphatic rings. The quantitative estimate of drug-likeness (QED) is 0.770. The highest BCUT2D eigenvalue weighted by atomic mass is 32.1. The molecule has 18 heavy (non-hydrogen) atoms. The summed E-state index contributed by atoms with van der Waals surface area (Å²) in [6, 6.07) is 7.79. The molecular formula is C14H15NO2S. The molecular weight excluding hydrogens is 246 g/mol. The number of ether oxygens (including phenoxy) is 1. The van der Waals surface area contributed by atoms with E-state index in [1.807, 2.05) is 31.2 Å². The lowest BCUT2D eigenvalue weighted by Crippen LogP contribution is -1.96. The van der Waals surface area contributed by atoms with Crippen LogP contribution in [0.5, 0.6) is 5.75 Å². The molecule has 0 radical (unpaired) electrons. The molecule has 2 aromatic rings. The molecule has 0 fully saturated rings. The Morgan fingerprint density at radius 2 is 2.17 bits per heavy atom. The van der Waals surface area contributed by atoms with Gasteiger partial charge in [-0.2, -0.15) is 0 Å². The van der Waals surface area contributed by atoms with Crippen LogP contribution in [0.1, 0.15) is 28.7 Å². The molecule has 0 aliphatic carbocycles. The third-order valence-corrected chi connectivity index (χ3v) is 3.63. The molecule has 1 aromatic heterocycles. The van der Waals surface area contributed by atoms with Crippen LogP contribution in [0.2, 0.25) is 0 Å². The van der Waals surface area contributed by atoms with Crippen LogP contribution in [0.3, 0.4) is 0 Å². The predicted octanol–water partition coefficient (Wildman–Crippen LogP) is 3.72. The first-order valence-corrected chi connectivity index (χ1v) is 6.72. The average Bonchev–Trinajstić information content (AvgIpc) is 2.78. The smallest absolute Gasteiger partial charge is 0.161 e. The number of rotatable bonds is 5. The van der Waals surface area contributed by atoms with E-state index in [9.17, 15) is 4.79 Å². The largest absolute Gasteiger partial charge is 0.493 e. The fourth-order valence-electron chi connectivity index (χ4n) is 1.61. The van der Waals surface area contributed by atoms with Crippen molar-refractivity contribution in [3.8, 4) is 16.3 Å². The zero-order valence-corrected chi connectivity index (χ0v) is 11.3. The minimum Gasteiger partial charge on any atom is -0.493 e. The summed E-state index contributed by atoms with van der Waals surface area (Å²) in [5.41, 5.74) is 1.72. The van der Waals surface area contributed by atoms with Gasteiger partial charge in [0, 0.05) is 0 Å². The van der Waals surface area contributed by atoms with Gasteiger partial charge in [-0.3, -0.25) is 4.79 Å². The second kappa shape index (κ2) is 5.78. The minimum absolute atomic E-state index is 0.676. The van der Waals surface area contributed by atoms with E-state index in [0.29, 0.717) is 11.5 Å². The Hall–Kier alpha value is -1.68. The summed E-state index contributed by atoms with van der Waals surface area (Å²) in [5, 5.41) is 0.835. The molecule has 0 saturated heterocycles. The van der Waals surface area contributed by atoms with Crippen molar-refractivity contribution in [3.05, 3.63) is 34.8 Å². The molecule has 1 aromatic carbocycles. The maximum absolute atomic E-state index is 10.9. The first kappa shape index (κ1) is 12.8. The van der Waals surface area contributed by atoms with Gasteiger partial charge in [-0.15, -0.1) is 11.3 Å². The first-order valence-electron chi connectivity index (χ1n) is 5.91. The molecule has 4 heteroatoms. The maximum atomic E-state index is 10.9. The van der Waals surface area contributed by atoms with E-state index >= 15 is 0 Å². The van der Waals surface area contributed by atoms with Crippen LogP contribution in [0, 0.1) is 6.92 Å². The monoisotopic (exact) mass is 261 g/mol. The summed E-state index contributed by atoms with van der Waals surface area (Å²) in [6.45, 7) is 4.60. The number of benzene rings is 1. The zero-order chi connectivity index (χ0) is 13.0. The highest BCUT2D eigenvalue weighted by molar-refractivity contribution is 7.16. The number of aromatic nitrogens is 1. The van der Waals surface area contributed by atoms with Gasteiger partial charge in [-0.05, 0) is 25.5 Å². The molecule has 0 spiro atoms. The molecule has 1 heterocycles. The topological polar surface area (TPSA) is 39.2 Å². The van der Waals surface area contributed by atoms with Crippen molar-refractivity contribution in [2.24, 2.45) is 0 Å². The van der Waals surface area contributed by atoms with Gasteiger partial charge in [0.05, 0.1) is 22.7 Å². The summed E-state index contributed by atoms with van der Waals surface area (Å²) < 4.78 is 5.70. The fourth-order valence-corrected chi connectivity index (χ4v) is 2.52. The van der Waals surface area contributed by atoms with E-state index < -0.39 is 0 Å². The summed E-state index contributed by atoms with van der Waals surface area (Å²) in [7, 11) is 0. The van der Waals surface area contributed by atoms with E-state index in [4.69, 9.17) is 4.74 Å². The molecule has 0 bridgehead atoms. The van der Waals surface area contributed by atoms with Crippen LogP contribution in [-0.4, -0.2) is 17.9 Å². The molecule has 0 saturated carbocycles. The van der Waals surface area contributed by atoms with Crippen LogP contribution < -0.4 is 4.74 Å². The van der Waals surface area contributed by atoms with Gasteiger partial charge >= 0.3 is 0 Å². The third kappa shape index (κ3) is 2.59. The van der Waals surface area contributed by atoms with Gasteiger partial charge in [0.1, 0.15) is 10.8 Å². The Morgan fingerprint density at radius 1 is 1.39 bits per heavy atom. The van der Waals surface area contributed by atoms with Crippen molar-refractivity contribution < 1.29 is 9.53 Å². The Morgan fingerprint density at radius 3 is 2.83 bits per heavy atom. The number of nitrogens with zero attached hydrogens (tertiary/aromatic N) is 1. The average molecular weight is 261 g/mol. The van der Waals surface area contributed by atoms with E-state index in [0.717, 1.165) is 34.7 Å². The lowest BCUT2D eigenvalue weighted by Gasteiger charge is -2.08. The third-order valence-electron chi connectivity index (χ3n) is 2.52. The van der Waals surface area contributed by atoms with Gasteiger partial charge in [0.25, 0.3) is 0 Å². The number of para-hydroxylation sites is 1. The molecule has 94 valence electrons. The molecule has 0 N–H and O–H groups in total. The summed E-state index contributed by atoms with van der Waals surface area (Å²) >= 11 is 1.40. The normalized spacial score (nSPS) is 10.3. The van der Waals surface area contributed by atoms with Gasteiger partial charge in [0.15, 0.2) is 6.29 Å². The van der Waals surface area contributed by atoms with Gasteiger partial charge in [-0.25, -0.2) is 4.98 Å². The van der Waals surface area contributed by atoms with Crippen molar-refractivity contribution in [1.82, 2.24) is 4.98 Å². The number of hydrogen-bond donors (Lipinski definition) is 0. The SMILES string of the molecule is CCCOc1ccccc1-c1nc(C)c(C=O)s1. The van der Waals surface area contributed by atoms with Crippen LogP contribution in [0.15, 0.2) is 24.3 Å². The molecule has 0 aliphatic heterocycles. The number of thiazole rings is 1. The summed E-state index contributed by atoms with van der Waals surface area (Å²) in [6.07, 6.45) is 1.82. The standard InChI is InChI=1S/C14H15NO2S/c1-3-8-17-12-7-5-4-6-11(12)14-15-10(2)13(9-16)18-14/h4-7,9H,3,8H2,1-2H3. The van der Waals surface area contributed by atoms with E-state index in [2.05, 4.69) is 11.9 Å². The number of aryl methyl sites for hydroxylation is 1. The minimum atomic E-state index is 0.676. The van der Waals surface area contributed by atoms with E-state index in [-0.39, 0.29) is 0 Å². The predicted molar refractivity (Wildman–Crippen MR) is 73.5 cm³/mol. The lowest BCUT2D eigenvalue weighted by molar-refractivity contribution is 0.112. The van der Waals surface area contributed by atoms with E-state index in [1.54, 1.807) is 0 Å². The van der Waals surface area contributed by atoms with Gasteiger partial charge in [0.2, 0.25) is 0 Å². The lowest BCUT2D eigenvalue weighted by atomic mass is 10.2. The molecule has 0 atom stereocenters. The number of hydrogen-bond acceptors (Lipinski definition) is 4. The Kier molecular flexibility index (Phi) is 4.10. The molecule has 3 nitrogen and oxygen atoms in total. The second-order valence-electron chi connectivity index (χ2n) is 3.93. The number of carbonyl (C=O) groups is 1. The van der Waals surface area contributed by atoms with E-state index in [1.165, 1.54) is 11.3 Å². The summed E-state index contributed by atoms with van der Waals surface area (Å²) in [5.74, 6) is 0.825. The molecule has 0 amide bonds. The Balaban J connectivity index is 2.39. The fraction of sp³-hybridized carbons (Fsp3) is 0.286. The maximum Gasteiger partial charge on any atom is 0.161 e. The first-order chi connectivity index (χ1) is 8.76. The zero-order valence-electron chi connectivity index (χ0n) is 10.5. The van der Waals surface area contributed by atoms with Crippen LogP contribution in [0.25, 0.3) is 10.6 Å². The van der Waals surface area contributed by atoms with Gasteiger partial charge < -0.3 is 4.74 Å². The van der Waals surface area contributed by atoms with Crippen LogP contribution >= 0.6 is 11.3 Å². The summed E-state index contributed by atoms with van der Waals surface area (Å²) in [4.78, 5) is 16.0. The molecule has 0 unspecified atom stereocenters. The molecule has 2 rings (SSSR count). The van der Waals surface area contributed by atoms with Crippen molar-refractivity contribution in [3.63, 3.8) is 0 Å². The number of aldehydes is 1.